The Hall–Kier alpha value is -3.30. The van der Waals surface area contributed by atoms with Gasteiger partial charge in [-0.2, -0.15) is 0 Å². The van der Waals surface area contributed by atoms with Gasteiger partial charge in [0.15, 0.2) is 5.79 Å². The molecule has 1 N–H and O–H groups in total. The molecule has 0 amide bonds. The fourth-order valence-electron chi connectivity index (χ4n) is 4.61. The number of nitrogens with zero attached hydrogens (tertiary/aromatic N) is 2. The van der Waals surface area contributed by atoms with E-state index in [0.29, 0.717) is 55.9 Å². The number of rotatable bonds is 4. The molecular formula is C24H22F2N2O5. The average molecular weight is 456 g/mol. The van der Waals surface area contributed by atoms with Crippen LogP contribution in [0.2, 0.25) is 0 Å². The molecule has 172 valence electrons. The number of aromatic carboxylic acids is 1. The number of pyridine rings is 1. The molecule has 0 atom stereocenters. The van der Waals surface area contributed by atoms with Crippen LogP contribution < -0.4 is 10.3 Å². The Balaban J connectivity index is 1.59. The standard InChI is InChI=1S/C24H22F2N2O5/c25-18-4-2-1-3-15(18)13-28-14-17(23(30)31)22(29)16-11-19(26)21(12-20(16)28)27-7-5-24(6-8-27)32-9-10-33-24/h1-4,11-12,14H,5-10,13H2,(H,30,31). The fraction of sp³-hybridized carbons (Fsp3) is 0.333. The molecule has 33 heavy (non-hydrogen) atoms. The molecule has 0 aliphatic carbocycles. The van der Waals surface area contributed by atoms with Gasteiger partial charge in [-0.25, -0.2) is 13.6 Å². The van der Waals surface area contributed by atoms with Crippen LogP contribution in [-0.4, -0.2) is 47.7 Å². The molecule has 1 spiro atoms. The molecule has 2 aliphatic rings. The van der Waals surface area contributed by atoms with Gasteiger partial charge in [0.05, 0.1) is 31.0 Å². The van der Waals surface area contributed by atoms with Gasteiger partial charge >= 0.3 is 5.97 Å². The highest BCUT2D eigenvalue weighted by molar-refractivity contribution is 5.93. The SMILES string of the molecule is O=C(O)c1cn(Cc2ccccc2F)c2cc(N3CCC4(CC3)OCCO4)c(F)cc2c1=O. The molecular weight excluding hydrogens is 434 g/mol. The predicted molar refractivity (Wildman–Crippen MR) is 117 cm³/mol. The van der Waals surface area contributed by atoms with Crippen LogP contribution in [0.5, 0.6) is 0 Å². The third kappa shape index (κ3) is 3.87. The summed E-state index contributed by atoms with van der Waals surface area (Å²) >= 11 is 0. The average Bonchev–Trinajstić information content (AvgIpc) is 3.25. The van der Waals surface area contributed by atoms with E-state index < -0.39 is 34.4 Å². The first-order chi connectivity index (χ1) is 15.9. The number of halogens is 2. The lowest BCUT2D eigenvalue weighted by molar-refractivity contribution is -0.169. The van der Waals surface area contributed by atoms with Crippen molar-refractivity contribution in [3.63, 3.8) is 0 Å². The summed E-state index contributed by atoms with van der Waals surface area (Å²) < 4.78 is 42.4. The number of hydrogen-bond acceptors (Lipinski definition) is 5. The minimum Gasteiger partial charge on any atom is -0.477 e. The van der Waals surface area contributed by atoms with Gasteiger partial charge in [0.2, 0.25) is 5.43 Å². The van der Waals surface area contributed by atoms with Gasteiger partial charge < -0.3 is 24.0 Å². The Morgan fingerprint density at radius 2 is 1.76 bits per heavy atom. The summed E-state index contributed by atoms with van der Waals surface area (Å²) in [5.41, 5.74) is -0.335. The minimum atomic E-state index is -1.42. The van der Waals surface area contributed by atoms with E-state index in [4.69, 9.17) is 9.47 Å². The summed E-state index contributed by atoms with van der Waals surface area (Å²) in [6.07, 6.45) is 2.33. The summed E-state index contributed by atoms with van der Waals surface area (Å²) in [5, 5.41) is 9.42. The van der Waals surface area contributed by atoms with Crippen molar-refractivity contribution in [2.45, 2.75) is 25.2 Å². The molecule has 2 fully saturated rings. The molecule has 5 rings (SSSR count). The summed E-state index contributed by atoms with van der Waals surface area (Å²) in [7, 11) is 0. The van der Waals surface area contributed by atoms with E-state index in [1.165, 1.54) is 22.9 Å². The van der Waals surface area contributed by atoms with E-state index >= 15 is 4.39 Å². The summed E-state index contributed by atoms with van der Waals surface area (Å²) in [6, 6.07) is 8.72. The number of carbonyl (C=O) groups is 1. The Morgan fingerprint density at radius 3 is 2.42 bits per heavy atom. The maximum absolute atomic E-state index is 15.1. The van der Waals surface area contributed by atoms with Crippen LogP contribution in [0.1, 0.15) is 28.8 Å². The highest BCUT2D eigenvalue weighted by Gasteiger charge is 2.40. The highest BCUT2D eigenvalue weighted by Crippen LogP contribution is 2.35. The van der Waals surface area contributed by atoms with E-state index in [2.05, 4.69) is 0 Å². The monoisotopic (exact) mass is 456 g/mol. The molecule has 3 heterocycles. The van der Waals surface area contributed by atoms with Crippen molar-refractivity contribution in [1.82, 2.24) is 4.57 Å². The number of benzene rings is 2. The van der Waals surface area contributed by atoms with Gasteiger partial charge in [-0.15, -0.1) is 0 Å². The number of fused-ring (bicyclic) bond motifs is 1. The zero-order valence-corrected chi connectivity index (χ0v) is 17.7. The van der Waals surface area contributed by atoms with Crippen molar-refractivity contribution in [1.29, 1.82) is 0 Å². The quantitative estimate of drug-likeness (QED) is 0.649. The lowest BCUT2D eigenvalue weighted by atomic mass is 10.0. The minimum absolute atomic E-state index is 0.0143. The zero-order chi connectivity index (χ0) is 23.2. The number of carboxylic acids is 1. The lowest BCUT2D eigenvalue weighted by Crippen LogP contribution is -2.45. The van der Waals surface area contributed by atoms with Crippen LogP contribution in [0.15, 0.2) is 47.4 Å². The first-order valence-electron chi connectivity index (χ1n) is 10.7. The zero-order valence-electron chi connectivity index (χ0n) is 17.7. The van der Waals surface area contributed by atoms with E-state index in [-0.39, 0.29) is 11.9 Å². The topological polar surface area (TPSA) is 81.0 Å². The molecule has 7 nitrogen and oxygen atoms in total. The third-order valence-electron chi connectivity index (χ3n) is 6.36. The van der Waals surface area contributed by atoms with Gasteiger partial charge in [-0.3, -0.25) is 4.79 Å². The number of hydrogen-bond donors (Lipinski definition) is 1. The molecule has 0 radical (unpaired) electrons. The molecule has 2 aliphatic heterocycles. The van der Waals surface area contributed by atoms with Gasteiger partial charge in [-0.1, -0.05) is 18.2 Å². The number of carboxylic acid groups (broad SMARTS) is 1. The van der Waals surface area contributed by atoms with Gasteiger partial charge in [0.25, 0.3) is 0 Å². The molecule has 1 aromatic heterocycles. The number of piperidine rings is 1. The van der Waals surface area contributed by atoms with Crippen LogP contribution in [0.4, 0.5) is 14.5 Å². The molecule has 2 aromatic carbocycles. The Kier molecular flexibility index (Phi) is 5.38. The second-order valence-corrected chi connectivity index (χ2v) is 8.31. The first kappa shape index (κ1) is 21.5. The van der Waals surface area contributed by atoms with E-state index in [9.17, 15) is 19.1 Å². The van der Waals surface area contributed by atoms with Crippen LogP contribution >= 0.6 is 0 Å². The maximum atomic E-state index is 15.1. The van der Waals surface area contributed by atoms with Crippen LogP contribution in [0.25, 0.3) is 10.9 Å². The number of aromatic nitrogens is 1. The first-order valence-corrected chi connectivity index (χ1v) is 10.7. The van der Waals surface area contributed by atoms with Gasteiger partial charge in [0, 0.05) is 43.1 Å². The van der Waals surface area contributed by atoms with Crippen molar-refractivity contribution in [3.8, 4) is 0 Å². The van der Waals surface area contributed by atoms with Crippen LogP contribution in [-0.2, 0) is 16.0 Å². The van der Waals surface area contributed by atoms with Crippen LogP contribution in [0, 0.1) is 11.6 Å². The van der Waals surface area contributed by atoms with Crippen molar-refractivity contribution in [2.24, 2.45) is 0 Å². The Morgan fingerprint density at radius 1 is 1.06 bits per heavy atom. The number of anilines is 1. The summed E-state index contributed by atoms with van der Waals surface area (Å²) in [4.78, 5) is 26.3. The van der Waals surface area contributed by atoms with E-state index in [1.807, 2.05) is 4.90 Å². The molecule has 9 heteroatoms. The third-order valence-corrected chi connectivity index (χ3v) is 6.36. The summed E-state index contributed by atoms with van der Waals surface area (Å²) in [6.45, 7) is 2.05. The maximum Gasteiger partial charge on any atom is 0.341 e. The predicted octanol–water partition coefficient (Wildman–Crippen LogP) is 3.37. The molecule has 2 saturated heterocycles. The molecule has 0 saturated carbocycles. The van der Waals surface area contributed by atoms with Gasteiger partial charge in [0.1, 0.15) is 17.2 Å². The van der Waals surface area contributed by atoms with Crippen molar-refractivity contribution in [2.75, 3.05) is 31.2 Å². The largest absolute Gasteiger partial charge is 0.477 e. The molecule has 0 unspecified atom stereocenters. The van der Waals surface area contributed by atoms with Crippen molar-refractivity contribution < 1.29 is 28.2 Å². The summed E-state index contributed by atoms with van der Waals surface area (Å²) in [5.74, 6) is -3.12. The smallest absolute Gasteiger partial charge is 0.341 e. The van der Waals surface area contributed by atoms with Crippen LogP contribution in [0.3, 0.4) is 0 Å². The number of ether oxygens (including phenoxy) is 2. The second-order valence-electron chi connectivity index (χ2n) is 8.31. The van der Waals surface area contributed by atoms with Gasteiger partial charge in [-0.05, 0) is 18.2 Å². The molecule has 3 aromatic rings. The van der Waals surface area contributed by atoms with Crippen molar-refractivity contribution >= 4 is 22.6 Å². The lowest BCUT2D eigenvalue weighted by Gasteiger charge is -2.38. The van der Waals surface area contributed by atoms with Crippen molar-refractivity contribution in [3.05, 3.63) is 75.6 Å². The Bertz CT molecular complexity index is 1290. The highest BCUT2D eigenvalue weighted by atomic mass is 19.1. The van der Waals surface area contributed by atoms with E-state index in [0.717, 1.165) is 6.07 Å². The van der Waals surface area contributed by atoms with E-state index in [1.54, 1.807) is 18.2 Å². The Labute approximate surface area is 187 Å². The molecule has 0 bridgehead atoms. The normalized spacial score (nSPS) is 17.7. The second kappa shape index (κ2) is 8.24. The fourth-order valence-corrected chi connectivity index (χ4v) is 4.61.